The molecule has 0 saturated carbocycles. The maximum absolute atomic E-state index is 12.6. The van der Waals surface area contributed by atoms with Crippen LogP contribution in [0.5, 0.6) is 0 Å². The van der Waals surface area contributed by atoms with E-state index < -0.39 is 11.9 Å². The molecule has 0 fully saturated rings. The third-order valence-corrected chi connectivity index (χ3v) is 5.24. The molecule has 28 heavy (non-hydrogen) atoms. The van der Waals surface area contributed by atoms with Crippen molar-refractivity contribution in [3.05, 3.63) is 58.1 Å². The standard InChI is InChI=1S/C19H19N3O5S/c1-4-26-19(25)15-11(2)16(12(3)23)28-18(15)21-17(24)14-7-6-13(27-14)10-22-9-5-8-20-22/h5-9H,4,10H2,1-3H3,(H,21,24). The fraction of sp³-hybridized carbons (Fsp3) is 0.263. The van der Waals surface area contributed by atoms with Gasteiger partial charge in [-0.2, -0.15) is 5.10 Å². The van der Waals surface area contributed by atoms with Crippen molar-refractivity contribution in [1.82, 2.24) is 9.78 Å². The number of rotatable bonds is 7. The Kier molecular flexibility index (Phi) is 5.74. The van der Waals surface area contributed by atoms with Crippen molar-refractivity contribution in [3.8, 4) is 0 Å². The molecule has 3 heterocycles. The van der Waals surface area contributed by atoms with Gasteiger partial charge in [-0.3, -0.25) is 14.3 Å². The molecule has 0 aliphatic rings. The van der Waals surface area contributed by atoms with Crippen LogP contribution < -0.4 is 5.32 Å². The lowest BCUT2D eigenvalue weighted by Crippen LogP contribution is -2.14. The number of amides is 1. The molecule has 0 unspecified atom stereocenters. The van der Waals surface area contributed by atoms with Crippen LogP contribution in [0.15, 0.2) is 35.0 Å². The highest BCUT2D eigenvalue weighted by Crippen LogP contribution is 2.34. The summed E-state index contributed by atoms with van der Waals surface area (Å²) < 4.78 is 12.3. The molecule has 0 radical (unpaired) electrons. The first-order chi connectivity index (χ1) is 13.4. The Bertz CT molecular complexity index is 1020. The predicted molar refractivity (Wildman–Crippen MR) is 103 cm³/mol. The van der Waals surface area contributed by atoms with Gasteiger partial charge in [-0.25, -0.2) is 4.79 Å². The highest BCUT2D eigenvalue weighted by molar-refractivity contribution is 7.18. The number of nitrogens with one attached hydrogen (secondary N) is 1. The minimum Gasteiger partial charge on any atom is -0.462 e. The predicted octanol–water partition coefficient (Wildman–Crippen LogP) is 3.53. The lowest BCUT2D eigenvalue weighted by Gasteiger charge is -2.06. The zero-order chi connectivity index (χ0) is 20.3. The van der Waals surface area contributed by atoms with Crippen LogP contribution in [0.25, 0.3) is 0 Å². The first-order valence-corrected chi connectivity index (χ1v) is 9.41. The van der Waals surface area contributed by atoms with Crippen molar-refractivity contribution < 1.29 is 23.5 Å². The van der Waals surface area contributed by atoms with Crippen LogP contribution in [0, 0.1) is 6.92 Å². The second kappa shape index (κ2) is 8.22. The van der Waals surface area contributed by atoms with Gasteiger partial charge in [0.05, 0.1) is 23.6 Å². The highest BCUT2D eigenvalue weighted by atomic mass is 32.1. The van der Waals surface area contributed by atoms with Crippen LogP contribution in [0.2, 0.25) is 0 Å². The number of Topliss-reactive ketones (excluding diaryl/α,β-unsaturated/α-hetero) is 1. The molecule has 3 aromatic rings. The number of hydrogen-bond acceptors (Lipinski definition) is 7. The number of furan rings is 1. The molecule has 146 valence electrons. The molecule has 1 amide bonds. The molecule has 0 bridgehead atoms. The average molecular weight is 401 g/mol. The normalized spacial score (nSPS) is 10.7. The number of esters is 1. The third-order valence-electron chi connectivity index (χ3n) is 3.94. The van der Waals surface area contributed by atoms with Crippen molar-refractivity contribution in [2.75, 3.05) is 11.9 Å². The first-order valence-electron chi connectivity index (χ1n) is 8.59. The summed E-state index contributed by atoms with van der Waals surface area (Å²) in [6.45, 7) is 5.33. The van der Waals surface area contributed by atoms with Crippen molar-refractivity contribution in [3.63, 3.8) is 0 Å². The SMILES string of the molecule is CCOC(=O)c1c(NC(=O)c2ccc(Cn3cccn3)o2)sc(C(C)=O)c1C. The number of nitrogens with zero attached hydrogens (tertiary/aromatic N) is 2. The number of thiophene rings is 1. The highest BCUT2D eigenvalue weighted by Gasteiger charge is 2.26. The smallest absolute Gasteiger partial charge is 0.341 e. The largest absolute Gasteiger partial charge is 0.462 e. The van der Waals surface area contributed by atoms with Crippen LogP contribution in [0.1, 0.15) is 55.8 Å². The topological polar surface area (TPSA) is 103 Å². The number of ether oxygens (including phenoxy) is 1. The molecule has 0 spiro atoms. The molecule has 3 rings (SSSR count). The van der Waals surface area contributed by atoms with E-state index in [1.165, 1.54) is 6.92 Å². The van der Waals surface area contributed by atoms with Crippen molar-refractivity contribution in [1.29, 1.82) is 0 Å². The van der Waals surface area contributed by atoms with Gasteiger partial charge < -0.3 is 14.5 Å². The first kappa shape index (κ1) is 19.6. The van der Waals surface area contributed by atoms with Gasteiger partial charge in [0.2, 0.25) is 0 Å². The lowest BCUT2D eigenvalue weighted by atomic mass is 10.1. The van der Waals surface area contributed by atoms with Gasteiger partial charge in [-0.05, 0) is 44.5 Å². The Morgan fingerprint density at radius 1 is 1.32 bits per heavy atom. The van der Waals surface area contributed by atoms with Gasteiger partial charge in [0, 0.05) is 12.4 Å². The van der Waals surface area contributed by atoms with Crippen LogP contribution in [0.4, 0.5) is 5.00 Å². The van der Waals surface area contributed by atoms with E-state index in [0.29, 0.717) is 22.7 Å². The summed E-state index contributed by atoms with van der Waals surface area (Å²) in [5.41, 5.74) is 0.679. The maximum Gasteiger partial charge on any atom is 0.341 e. The Morgan fingerprint density at radius 3 is 2.75 bits per heavy atom. The summed E-state index contributed by atoms with van der Waals surface area (Å²) in [5, 5.41) is 7.01. The van der Waals surface area contributed by atoms with E-state index in [2.05, 4.69) is 10.4 Å². The quantitative estimate of drug-likeness (QED) is 0.480. The fourth-order valence-electron chi connectivity index (χ4n) is 2.69. The van der Waals surface area contributed by atoms with Gasteiger partial charge in [-0.15, -0.1) is 11.3 Å². The van der Waals surface area contributed by atoms with E-state index in [1.54, 1.807) is 49.1 Å². The molecular formula is C19H19N3O5S. The summed E-state index contributed by atoms with van der Waals surface area (Å²) >= 11 is 1.04. The van der Waals surface area contributed by atoms with Crippen LogP contribution >= 0.6 is 11.3 Å². The zero-order valence-electron chi connectivity index (χ0n) is 15.6. The van der Waals surface area contributed by atoms with E-state index >= 15 is 0 Å². The Labute approximate surface area is 165 Å². The molecular weight excluding hydrogens is 382 g/mol. The van der Waals surface area contributed by atoms with Crippen LogP contribution in [-0.2, 0) is 11.3 Å². The number of carbonyl (C=O) groups is 3. The lowest BCUT2D eigenvalue weighted by molar-refractivity contribution is 0.0527. The summed E-state index contributed by atoms with van der Waals surface area (Å²) in [6.07, 6.45) is 3.44. The number of aromatic nitrogens is 2. The van der Waals surface area contributed by atoms with Crippen molar-refractivity contribution >= 4 is 34.0 Å². The molecule has 0 aliphatic heterocycles. The maximum atomic E-state index is 12.6. The molecule has 0 aromatic carbocycles. The van der Waals surface area contributed by atoms with Gasteiger partial charge in [0.25, 0.3) is 5.91 Å². The van der Waals surface area contributed by atoms with E-state index in [1.807, 2.05) is 0 Å². The summed E-state index contributed by atoms with van der Waals surface area (Å²) in [7, 11) is 0. The molecule has 1 N–H and O–H groups in total. The minimum absolute atomic E-state index is 0.0902. The Morgan fingerprint density at radius 2 is 2.11 bits per heavy atom. The second-order valence-corrected chi connectivity index (χ2v) is 6.98. The number of carbonyl (C=O) groups excluding carboxylic acids is 3. The second-order valence-electron chi connectivity index (χ2n) is 5.96. The zero-order valence-corrected chi connectivity index (χ0v) is 16.5. The number of anilines is 1. The summed E-state index contributed by atoms with van der Waals surface area (Å²) in [4.78, 5) is 37.1. The molecule has 9 heteroatoms. The molecule has 3 aromatic heterocycles. The van der Waals surface area contributed by atoms with E-state index in [9.17, 15) is 14.4 Å². The number of ketones is 1. The van der Waals surface area contributed by atoms with E-state index in [0.717, 1.165) is 11.3 Å². The van der Waals surface area contributed by atoms with Crippen molar-refractivity contribution in [2.24, 2.45) is 0 Å². The van der Waals surface area contributed by atoms with Gasteiger partial charge in [-0.1, -0.05) is 0 Å². The Hall–Kier alpha value is -3.20. The van der Waals surface area contributed by atoms with Gasteiger partial charge in [0.15, 0.2) is 11.5 Å². The molecule has 8 nitrogen and oxygen atoms in total. The minimum atomic E-state index is -0.585. The summed E-state index contributed by atoms with van der Waals surface area (Å²) in [6, 6.07) is 5.02. The Balaban J connectivity index is 1.83. The van der Waals surface area contributed by atoms with E-state index in [4.69, 9.17) is 9.15 Å². The van der Waals surface area contributed by atoms with Gasteiger partial charge in [0.1, 0.15) is 10.8 Å². The van der Waals surface area contributed by atoms with Crippen molar-refractivity contribution in [2.45, 2.75) is 27.3 Å². The van der Waals surface area contributed by atoms with Gasteiger partial charge >= 0.3 is 5.97 Å². The number of hydrogen-bond donors (Lipinski definition) is 1. The van der Waals surface area contributed by atoms with E-state index in [-0.39, 0.29) is 28.7 Å². The molecule has 0 aliphatic carbocycles. The van der Waals surface area contributed by atoms with Crippen LogP contribution in [0.3, 0.4) is 0 Å². The van der Waals surface area contributed by atoms with Crippen LogP contribution in [-0.4, -0.2) is 34.0 Å². The molecule has 0 atom stereocenters. The molecule has 0 saturated heterocycles. The fourth-order valence-corrected chi connectivity index (χ4v) is 3.77. The monoisotopic (exact) mass is 401 g/mol. The summed E-state index contributed by atoms with van der Waals surface area (Å²) in [5.74, 6) is -0.641. The average Bonchev–Trinajstić information content (AvgIpc) is 3.36. The third kappa shape index (κ3) is 4.04.